The van der Waals surface area contributed by atoms with Crippen LogP contribution in [-0.4, -0.2) is 48.7 Å². The summed E-state index contributed by atoms with van der Waals surface area (Å²) in [6.45, 7) is 5.99. The number of aliphatic hydroxyl groups is 1. The van der Waals surface area contributed by atoms with Crippen LogP contribution in [0.4, 0.5) is 11.4 Å². The van der Waals surface area contributed by atoms with Crippen molar-refractivity contribution in [2.45, 2.75) is 26.4 Å². The fraction of sp³-hybridized carbons (Fsp3) is 0.600. The lowest BCUT2D eigenvalue weighted by Gasteiger charge is -2.26. The van der Waals surface area contributed by atoms with E-state index >= 15 is 0 Å². The van der Waals surface area contributed by atoms with Gasteiger partial charge in [-0.25, -0.2) is 0 Å². The maximum absolute atomic E-state index is 11.3. The zero-order valence-electron chi connectivity index (χ0n) is 13.2. The molecule has 0 saturated heterocycles. The lowest BCUT2D eigenvalue weighted by Crippen LogP contribution is -2.32. The number of nitro groups is 1. The summed E-state index contributed by atoms with van der Waals surface area (Å²) in [5.41, 5.74) is 1.24. The summed E-state index contributed by atoms with van der Waals surface area (Å²) in [6.07, 6.45) is 0.210. The lowest BCUT2D eigenvalue weighted by molar-refractivity contribution is -0.384. The molecule has 1 aromatic rings. The molecule has 0 aliphatic carbocycles. The van der Waals surface area contributed by atoms with Gasteiger partial charge in [-0.15, -0.1) is 0 Å². The molecular weight excluding hydrogens is 270 g/mol. The van der Waals surface area contributed by atoms with Gasteiger partial charge in [-0.05, 0) is 39.1 Å². The highest BCUT2D eigenvalue weighted by atomic mass is 16.6. The minimum Gasteiger partial charge on any atom is -0.389 e. The molecule has 0 aliphatic heterocycles. The average Bonchev–Trinajstić information content (AvgIpc) is 2.42. The van der Waals surface area contributed by atoms with Crippen LogP contribution in [0.25, 0.3) is 0 Å². The van der Waals surface area contributed by atoms with E-state index in [0.717, 1.165) is 26.1 Å². The Morgan fingerprint density at radius 2 is 1.95 bits per heavy atom. The molecule has 118 valence electrons. The van der Waals surface area contributed by atoms with Gasteiger partial charge < -0.3 is 14.9 Å². The number of rotatable bonds is 8. The van der Waals surface area contributed by atoms with Gasteiger partial charge in [0.2, 0.25) is 0 Å². The van der Waals surface area contributed by atoms with Crippen LogP contribution in [0.1, 0.15) is 31.9 Å². The number of nitro benzene ring substituents is 1. The first-order chi connectivity index (χ1) is 9.86. The van der Waals surface area contributed by atoms with E-state index in [4.69, 9.17) is 0 Å². The van der Waals surface area contributed by atoms with Gasteiger partial charge in [0, 0.05) is 25.7 Å². The maximum Gasteiger partial charge on any atom is 0.292 e. The number of benzene rings is 1. The number of hydrogen-bond acceptors (Lipinski definition) is 5. The predicted octanol–water partition coefficient (Wildman–Crippen LogP) is 2.43. The second kappa shape index (κ2) is 7.95. The molecule has 0 unspecified atom stereocenters. The molecular formula is C15H25N3O3. The second-order valence-electron chi connectivity index (χ2n) is 5.47. The normalized spacial score (nSPS) is 12.5. The summed E-state index contributed by atoms with van der Waals surface area (Å²) in [4.78, 5) is 15.0. The molecule has 1 atom stereocenters. The largest absolute Gasteiger partial charge is 0.389 e. The highest BCUT2D eigenvalue weighted by Crippen LogP contribution is 2.31. The van der Waals surface area contributed by atoms with Crippen LogP contribution >= 0.6 is 0 Å². The Hall–Kier alpha value is -1.66. The van der Waals surface area contributed by atoms with Crippen molar-refractivity contribution >= 4 is 11.4 Å². The molecule has 6 nitrogen and oxygen atoms in total. The third-order valence-electron chi connectivity index (χ3n) is 3.33. The molecule has 0 spiro atoms. The first-order valence-corrected chi connectivity index (χ1v) is 7.22. The Balaban J connectivity index is 3.13. The van der Waals surface area contributed by atoms with Gasteiger partial charge in [-0.1, -0.05) is 13.0 Å². The molecule has 6 heteroatoms. The first-order valence-electron chi connectivity index (χ1n) is 7.22. The van der Waals surface area contributed by atoms with Crippen molar-refractivity contribution in [3.8, 4) is 0 Å². The summed E-state index contributed by atoms with van der Waals surface area (Å²) in [6, 6.07) is 4.97. The van der Waals surface area contributed by atoms with Crippen LogP contribution in [0.3, 0.4) is 0 Å². The number of nitrogens with zero attached hydrogens (tertiary/aromatic N) is 3. The zero-order chi connectivity index (χ0) is 16.0. The molecule has 1 N–H and O–H groups in total. The van der Waals surface area contributed by atoms with Crippen molar-refractivity contribution in [3.05, 3.63) is 33.9 Å². The maximum atomic E-state index is 11.3. The van der Waals surface area contributed by atoms with E-state index < -0.39 is 6.10 Å². The van der Waals surface area contributed by atoms with Crippen LogP contribution in [0.5, 0.6) is 0 Å². The fourth-order valence-electron chi connectivity index (χ4n) is 2.16. The molecule has 1 rings (SSSR count). The van der Waals surface area contributed by atoms with Crippen LogP contribution < -0.4 is 4.90 Å². The van der Waals surface area contributed by atoms with Gasteiger partial charge in [-0.3, -0.25) is 10.1 Å². The second-order valence-corrected chi connectivity index (χ2v) is 5.47. The molecule has 0 fully saturated rings. The van der Waals surface area contributed by atoms with Crippen molar-refractivity contribution in [2.75, 3.05) is 38.6 Å². The van der Waals surface area contributed by atoms with Gasteiger partial charge in [0.05, 0.1) is 11.0 Å². The SMILES string of the molecule is CCCN(CCN(C)C)c1ccc([C@H](C)O)cc1[N+](=O)[O-]. The van der Waals surface area contributed by atoms with E-state index in [1.807, 2.05) is 19.0 Å². The Labute approximate surface area is 126 Å². The van der Waals surface area contributed by atoms with Crippen molar-refractivity contribution in [2.24, 2.45) is 0 Å². The standard InChI is InChI=1S/C15H25N3O3/c1-5-8-17(10-9-16(3)4)14-7-6-13(12(2)19)11-15(14)18(20)21/h6-7,11-12,19H,5,8-10H2,1-4H3/t12-/m0/s1. The number of hydrogen-bond donors (Lipinski definition) is 1. The van der Waals surface area contributed by atoms with E-state index in [2.05, 4.69) is 11.8 Å². The van der Waals surface area contributed by atoms with Gasteiger partial charge in [-0.2, -0.15) is 0 Å². The molecule has 0 amide bonds. The van der Waals surface area contributed by atoms with Gasteiger partial charge in [0.1, 0.15) is 5.69 Å². The third kappa shape index (κ3) is 4.99. The smallest absolute Gasteiger partial charge is 0.292 e. The average molecular weight is 295 g/mol. The van der Waals surface area contributed by atoms with Gasteiger partial charge >= 0.3 is 0 Å². The van der Waals surface area contributed by atoms with Crippen molar-refractivity contribution in [1.29, 1.82) is 0 Å². The van der Waals surface area contributed by atoms with Gasteiger partial charge in [0.15, 0.2) is 0 Å². The number of aliphatic hydroxyl groups excluding tert-OH is 1. The first kappa shape index (κ1) is 17.4. The Kier molecular flexibility index (Phi) is 6.58. The Morgan fingerprint density at radius 1 is 1.29 bits per heavy atom. The summed E-state index contributed by atoms with van der Waals surface area (Å²) in [5.74, 6) is 0. The number of likely N-dealkylation sites (N-methyl/N-ethyl adjacent to an activating group) is 1. The van der Waals surface area contributed by atoms with Crippen LogP contribution in [0.15, 0.2) is 18.2 Å². The zero-order valence-corrected chi connectivity index (χ0v) is 13.2. The highest BCUT2D eigenvalue weighted by Gasteiger charge is 2.20. The summed E-state index contributed by atoms with van der Waals surface area (Å²) in [7, 11) is 3.96. The lowest BCUT2D eigenvalue weighted by atomic mass is 10.1. The van der Waals surface area contributed by atoms with E-state index in [-0.39, 0.29) is 10.6 Å². The predicted molar refractivity (Wildman–Crippen MR) is 84.8 cm³/mol. The monoisotopic (exact) mass is 295 g/mol. The molecule has 0 radical (unpaired) electrons. The quantitative estimate of drug-likeness (QED) is 0.589. The Bertz CT molecular complexity index is 475. The van der Waals surface area contributed by atoms with Gasteiger partial charge in [0.25, 0.3) is 5.69 Å². The molecule has 0 aliphatic rings. The van der Waals surface area contributed by atoms with Crippen LogP contribution in [-0.2, 0) is 0 Å². The summed E-state index contributed by atoms with van der Waals surface area (Å²) >= 11 is 0. The summed E-state index contributed by atoms with van der Waals surface area (Å²) in [5, 5.41) is 20.9. The summed E-state index contributed by atoms with van der Waals surface area (Å²) < 4.78 is 0. The van der Waals surface area contributed by atoms with E-state index in [1.54, 1.807) is 19.1 Å². The highest BCUT2D eigenvalue weighted by molar-refractivity contribution is 5.64. The molecule has 0 aromatic heterocycles. The molecule has 21 heavy (non-hydrogen) atoms. The molecule has 1 aromatic carbocycles. The van der Waals surface area contributed by atoms with Crippen molar-refractivity contribution in [3.63, 3.8) is 0 Å². The topological polar surface area (TPSA) is 69.8 Å². The minimum absolute atomic E-state index is 0.0561. The number of anilines is 1. The van der Waals surface area contributed by atoms with E-state index in [1.165, 1.54) is 6.07 Å². The fourth-order valence-corrected chi connectivity index (χ4v) is 2.16. The molecule has 0 heterocycles. The van der Waals surface area contributed by atoms with Crippen molar-refractivity contribution in [1.82, 2.24) is 4.90 Å². The minimum atomic E-state index is -0.709. The van der Waals surface area contributed by atoms with E-state index in [9.17, 15) is 15.2 Å². The van der Waals surface area contributed by atoms with Crippen LogP contribution in [0, 0.1) is 10.1 Å². The molecule has 0 saturated carbocycles. The van der Waals surface area contributed by atoms with Crippen molar-refractivity contribution < 1.29 is 10.0 Å². The third-order valence-corrected chi connectivity index (χ3v) is 3.33. The Morgan fingerprint density at radius 3 is 2.43 bits per heavy atom. The van der Waals surface area contributed by atoms with Crippen LogP contribution in [0.2, 0.25) is 0 Å². The van der Waals surface area contributed by atoms with E-state index in [0.29, 0.717) is 11.3 Å². The molecule has 0 bridgehead atoms.